The van der Waals surface area contributed by atoms with Crippen molar-refractivity contribution in [3.05, 3.63) is 63.2 Å². The summed E-state index contributed by atoms with van der Waals surface area (Å²) in [6, 6.07) is 11.0. The van der Waals surface area contributed by atoms with Gasteiger partial charge in [-0.1, -0.05) is 18.2 Å². The molecule has 5 rings (SSSR count). The first-order chi connectivity index (χ1) is 17.4. The number of hydrogen-bond acceptors (Lipinski definition) is 5. The van der Waals surface area contributed by atoms with Crippen LogP contribution in [-0.4, -0.2) is 59.0 Å². The number of likely N-dealkylation sites (tertiary alicyclic amines) is 1. The molecule has 36 heavy (non-hydrogen) atoms. The number of pyridine rings is 1. The summed E-state index contributed by atoms with van der Waals surface area (Å²) in [6.45, 7) is 10.4. The van der Waals surface area contributed by atoms with E-state index >= 15 is 0 Å². The average molecular weight is 509 g/mol. The van der Waals surface area contributed by atoms with Crippen molar-refractivity contribution in [1.82, 2.24) is 19.8 Å². The largest absolute Gasteiger partial charge is 0.378 e. The van der Waals surface area contributed by atoms with Crippen LogP contribution in [0.25, 0.3) is 10.9 Å². The fourth-order valence-corrected chi connectivity index (χ4v) is 6.61. The zero-order valence-electron chi connectivity index (χ0n) is 21.6. The number of aryl methyl sites for hydroxylation is 1. The number of nitrogens with zero attached hydrogens (tertiary/aromatic N) is 2. The topological polar surface area (TPSA) is 79.4 Å². The highest BCUT2D eigenvalue weighted by Crippen LogP contribution is 2.36. The van der Waals surface area contributed by atoms with E-state index in [0.717, 1.165) is 66.3 Å². The number of piperidine rings is 1. The van der Waals surface area contributed by atoms with E-state index in [2.05, 4.69) is 39.7 Å². The first-order valence-corrected chi connectivity index (χ1v) is 14.1. The van der Waals surface area contributed by atoms with Crippen LogP contribution in [0, 0.1) is 19.8 Å². The van der Waals surface area contributed by atoms with Gasteiger partial charge in [-0.05, 0) is 71.0 Å². The fourth-order valence-electron chi connectivity index (χ4n) is 5.91. The number of aromatic amines is 1. The van der Waals surface area contributed by atoms with Gasteiger partial charge in [0.25, 0.3) is 11.5 Å². The van der Waals surface area contributed by atoms with Crippen LogP contribution in [0.2, 0.25) is 0 Å². The third kappa shape index (κ3) is 4.62. The summed E-state index contributed by atoms with van der Waals surface area (Å²) < 4.78 is 7.75. The van der Waals surface area contributed by atoms with Gasteiger partial charge in [-0.2, -0.15) is 0 Å². The molecule has 8 heteroatoms. The monoisotopic (exact) mass is 508 g/mol. The summed E-state index contributed by atoms with van der Waals surface area (Å²) in [5.74, 6) is 0.421. The van der Waals surface area contributed by atoms with E-state index < -0.39 is 0 Å². The van der Waals surface area contributed by atoms with E-state index in [1.165, 1.54) is 11.8 Å². The Balaban J connectivity index is 1.39. The number of hydrogen-bond donors (Lipinski definition) is 2. The van der Waals surface area contributed by atoms with Crippen LogP contribution in [0.5, 0.6) is 0 Å². The number of aromatic nitrogens is 2. The number of ether oxygens (including phenoxy) is 1. The highest BCUT2D eigenvalue weighted by atomic mass is 32.2. The molecule has 0 aliphatic carbocycles. The number of para-hydroxylation sites is 1. The second kappa shape index (κ2) is 10.4. The molecular formula is C28H36N4O3S. The van der Waals surface area contributed by atoms with Gasteiger partial charge in [-0.3, -0.25) is 14.5 Å². The summed E-state index contributed by atoms with van der Waals surface area (Å²) in [4.78, 5) is 32.4. The maximum atomic E-state index is 13.5. The summed E-state index contributed by atoms with van der Waals surface area (Å²) in [7, 11) is 0. The van der Waals surface area contributed by atoms with Gasteiger partial charge in [0.1, 0.15) is 0 Å². The number of thioether (sulfide) groups is 1. The lowest BCUT2D eigenvalue weighted by atomic mass is 9.89. The number of carbonyl (C=O) groups excluding carboxylic acids is 1. The SMILES string of the molecule is CSc1cc(C)[nH]c(=O)c1CNC(=O)c1c(C)n(C(C)C2CCN(C3COC3)CC2)c2ccccc12. The van der Waals surface area contributed by atoms with Crippen molar-refractivity contribution in [3.8, 4) is 0 Å². The van der Waals surface area contributed by atoms with Crippen LogP contribution in [-0.2, 0) is 11.3 Å². The molecule has 2 fully saturated rings. The molecule has 4 heterocycles. The van der Waals surface area contributed by atoms with Crippen molar-refractivity contribution < 1.29 is 9.53 Å². The molecule has 3 aromatic rings. The number of H-pyrrole nitrogens is 1. The van der Waals surface area contributed by atoms with E-state index in [9.17, 15) is 9.59 Å². The highest BCUT2D eigenvalue weighted by Gasteiger charge is 2.33. The van der Waals surface area contributed by atoms with Gasteiger partial charge < -0.3 is 19.6 Å². The zero-order valence-corrected chi connectivity index (χ0v) is 22.4. The Kier molecular flexibility index (Phi) is 7.28. The van der Waals surface area contributed by atoms with Gasteiger partial charge in [0.2, 0.25) is 0 Å². The third-order valence-corrected chi connectivity index (χ3v) is 8.86. The van der Waals surface area contributed by atoms with E-state index in [1.807, 2.05) is 37.4 Å². The van der Waals surface area contributed by atoms with Gasteiger partial charge >= 0.3 is 0 Å². The minimum absolute atomic E-state index is 0.138. The number of rotatable bonds is 7. The lowest BCUT2D eigenvalue weighted by Crippen LogP contribution is -2.52. The minimum Gasteiger partial charge on any atom is -0.378 e. The molecule has 0 saturated carbocycles. The molecule has 0 bridgehead atoms. The van der Waals surface area contributed by atoms with Gasteiger partial charge in [0.05, 0.1) is 24.8 Å². The normalized spacial score (nSPS) is 18.3. The first-order valence-electron chi connectivity index (χ1n) is 12.8. The predicted molar refractivity (Wildman–Crippen MR) is 145 cm³/mol. The van der Waals surface area contributed by atoms with Crippen molar-refractivity contribution in [2.24, 2.45) is 5.92 Å². The van der Waals surface area contributed by atoms with E-state index in [-0.39, 0.29) is 18.0 Å². The molecule has 1 atom stereocenters. The second-order valence-corrected chi connectivity index (χ2v) is 11.0. The summed E-state index contributed by atoms with van der Waals surface area (Å²) in [5, 5.41) is 4.01. The van der Waals surface area contributed by atoms with Crippen LogP contribution in [0.1, 0.15) is 53.1 Å². The van der Waals surface area contributed by atoms with Gasteiger partial charge in [-0.25, -0.2) is 0 Å². The minimum atomic E-state index is -0.146. The number of benzene rings is 1. The van der Waals surface area contributed by atoms with E-state index in [1.54, 1.807) is 0 Å². The summed E-state index contributed by atoms with van der Waals surface area (Å²) in [6.07, 6.45) is 4.25. The second-order valence-electron chi connectivity index (χ2n) is 10.2. The molecular weight excluding hydrogens is 472 g/mol. The van der Waals surface area contributed by atoms with Crippen molar-refractivity contribution in [2.45, 2.75) is 57.1 Å². The van der Waals surface area contributed by atoms with Gasteiger partial charge in [-0.15, -0.1) is 11.8 Å². The third-order valence-electron chi connectivity index (χ3n) is 8.06. The van der Waals surface area contributed by atoms with Crippen LogP contribution in [0.3, 0.4) is 0 Å². The number of carbonyl (C=O) groups is 1. The Hall–Kier alpha value is -2.55. The molecule has 2 N–H and O–H groups in total. The van der Waals surface area contributed by atoms with Gasteiger partial charge in [0.15, 0.2) is 0 Å². The summed E-state index contributed by atoms with van der Waals surface area (Å²) in [5.41, 5.74) is 4.06. The van der Waals surface area contributed by atoms with E-state index in [0.29, 0.717) is 29.1 Å². The Bertz CT molecular complexity index is 1320. The smallest absolute Gasteiger partial charge is 0.254 e. The lowest BCUT2D eigenvalue weighted by Gasteiger charge is -2.43. The highest BCUT2D eigenvalue weighted by molar-refractivity contribution is 7.98. The van der Waals surface area contributed by atoms with Crippen molar-refractivity contribution in [3.63, 3.8) is 0 Å². The molecule has 0 spiro atoms. The quantitative estimate of drug-likeness (QED) is 0.466. The predicted octanol–water partition coefficient (Wildman–Crippen LogP) is 4.27. The first kappa shape index (κ1) is 25.1. The molecule has 1 unspecified atom stereocenters. The van der Waals surface area contributed by atoms with Crippen molar-refractivity contribution >= 4 is 28.6 Å². The fraction of sp³-hybridized carbons (Fsp3) is 0.500. The molecule has 1 aromatic carbocycles. The summed E-state index contributed by atoms with van der Waals surface area (Å²) >= 11 is 1.52. The lowest BCUT2D eigenvalue weighted by molar-refractivity contribution is -0.0752. The van der Waals surface area contributed by atoms with Crippen LogP contribution in [0.15, 0.2) is 40.0 Å². The van der Waals surface area contributed by atoms with Gasteiger partial charge in [0, 0.05) is 45.3 Å². The molecule has 7 nitrogen and oxygen atoms in total. The molecule has 2 aromatic heterocycles. The number of amides is 1. The maximum Gasteiger partial charge on any atom is 0.254 e. The Morgan fingerprint density at radius 2 is 1.94 bits per heavy atom. The molecule has 192 valence electrons. The van der Waals surface area contributed by atoms with E-state index in [4.69, 9.17) is 4.74 Å². The van der Waals surface area contributed by atoms with Crippen LogP contribution in [0.4, 0.5) is 0 Å². The van der Waals surface area contributed by atoms with Crippen molar-refractivity contribution in [2.75, 3.05) is 32.6 Å². The number of nitrogens with one attached hydrogen (secondary N) is 2. The van der Waals surface area contributed by atoms with Crippen LogP contribution < -0.4 is 10.9 Å². The maximum absolute atomic E-state index is 13.5. The Morgan fingerprint density at radius 1 is 1.22 bits per heavy atom. The molecule has 2 saturated heterocycles. The molecule has 2 aliphatic heterocycles. The average Bonchev–Trinajstić information content (AvgIpc) is 3.13. The van der Waals surface area contributed by atoms with Crippen molar-refractivity contribution in [1.29, 1.82) is 0 Å². The Labute approximate surface area is 216 Å². The Morgan fingerprint density at radius 3 is 2.61 bits per heavy atom. The van der Waals surface area contributed by atoms with Crippen LogP contribution >= 0.6 is 11.8 Å². The molecule has 1 amide bonds. The zero-order chi connectivity index (χ0) is 25.4. The molecule has 0 radical (unpaired) electrons. The number of fused-ring (bicyclic) bond motifs is 1. The molecule has 2 aliphatic rings. The standard InChI is InChI=1S/C28H36N4O3S/c1-17-13-25(36-4)23(27(33)30-17)14-29-28(34)26-19(3)32(24-8-6-5-7-22(24)26)18(2)20-9-11-31(12-10-20)21-15-35-16-21/h5-8,13,18,20-21H,9-12,14-16H2,1-4H3,(H,29,34)(H,30,33).